The largest absolute Gasteiger partial charge is 0.304 e. The maximum Gasteiger partial charge on any atom is 0.243 e. The molecular formula is C12H20ClN3O2S. The first kappa shape index (κ1) is 16.4. The number of halogens is 1. The van der Waals surface area contributed by atoms with Gasteiger partial charge in [0.1, 0.15) is 4.90 Å². The van der Waals surface area contributed by atoms with Gasteiger partial charge in [-0.15, -0.1) is 0 Å². The molecule has 7 heteroatoms. The Kier molecular flexibility index (Phi) is 6.71. The molecule has 0 saturated heterocycles. The highest BCUT2D eigenvalue weighted by atomic mass is 35.5. The predicted octanol–water partition coefficient (Wildman–Crippen LogP) is 1.75. The van der Waals surface area contributed by atoms with Crippen molar-refractivity contribution in [2.24, 2.45) is 0 Å². The van der Waals surface area contributed by atoms with E-state index in [1.807, 2.05) is 0 Å². The molecule has 0 saturated carbocycles. The van der Waals surface area contributed by atoms with Crippen LogP contribution in [0.25, 0.3) is 0 Å². The van der Waals surface area contributed by atoms with Gasteiger partial charge in [-0.05, 0) is 32.1 Å². The predicted molar refractivity (Wildman–Crippen MR) is 76.8 cm³/mol. The second kappa shape index (κ2) is 7.79. The molecule has 0 fully saturated rings. The molecule has 0 amide bonds. The molecule has 0 aromatic carbocycles. The van der Waals surface area contributed by atoms with Gasteiger partial charge in [0.25, 0.3) is 0 Å². The van der Waals surface area contributed by atoms with Gasteiger partial charge in [-0.3, -0.25) is 4.98 Å². The van der Waals surface area contributed by atoms with Crippen LogP contribution in [-0.2, 0) is 10.0 Å². The van der Waals surface area contributed by atoms with Gasteiger partial charge in [0.15, 0.2) is 0 Å². The van der Waals surface area contributed by atoms with E-state index >= 15 is 0 Å². The number of rotatable bonds is 8. The second-order valence-electron chi connectivity index (χ2n) is 4.08. The van der Waals surface area contributed by atoms with Crippen molar-refractivity contribution in [1.29, 1.82) is 0 Å². The lowest BCUT2D eigenvalue weighted by Gasteiger charge is -2.17. The molecule has 1 aromatic heterocycles. The van der Waals surface area contributed by atoms with Crippen molar-refractivity contribution in [2.75, 3.05) is 26.2 Å². The number of nitrogens with zero attached hydrogens (tertiary/aromatic N) is 2. The highest BCUT2D eigenvalue weighted by Crippen LogP contribution is 2.18. The fourth-order valence-corrected chi connectivity index (χ4v) is 3.19. The molecule has 108 valence electrons. The molecule has 19 heavy (non-hydrogen) atoms. The Morgan fingerprint density at radius 3 is 2.63 bits per heavy atom. The van der Waals surface area contributed by atoms with Crippen molar-refractivity contribution >= 4 is 21.6 Å². The molecule has 1 heterocycles. The van der Waals surface area contributed by atoms with Gasteiger partial charge in [-0.1, -0.05) is 25.4 Å². The summed E-state index contributed by atoms with van der Waals surface area (Å²) in [5.41, 5.74) is 0. The average Bonchev–Trinajstić information content (AvgIpc) is 2.39. The van der Waals surface area contributed by atoms with E-state index in [4.69, 9.17) is 11.6 Å². The zero-order valence-electron chi connectivity index (χ0n) is 11.3. The molecule has 0 aliphatic carbocycles. The number of hydrogen-bond donors (Lipinski definition) is 1. The summed E-state index contributed by atoms with van der Waals surface area (Å²) in [7, 11) is -3.57. The molecule has 0 aliphatic rings. The van der Waals surface area contributed by atoms with Crippen LogP contribution in [0.1, 0.15) is 20.3 Å². The monoisotopic (exact) mass is 305 g/mol. The van der Waals surface area contributed by atoms with Crippen LogP contribution in [-0.4, -0.2) is 44.5 Å². The maximum atomic E-state index is 12.0. The lowest BCUT2D eigenvalue weighted by molar-refractivity contribution is 0.300. The van der Waals surface area contributed by atoms with E-state index < -0.39 is 10.0 Å². The Morgan fingerprint density at radius 2 is 2.05 bits per heavy atom. The smallest absolute Gasteiger partial charge is 0.243 e. The third-order valence-corrected chi connectivity index (χ3v) is 4.79. The first-order valence-electron chi connectivity index (χ1n) is 6.32. The lowest BCUT2D eigenvalue weighted by Crippen LogP contribution is -2.30. The molecule has 0 bridgehead atoms. The van der Waals surface area contributed by atoms with E-state index in [1.165, 1.54) is 18.5 Å². The van der Waals surface area contributed by atoms with Crippen molar-refractivity contribution in [1.82, 2.24) is 14.6 Å². The number of aromatic nitrogens is 1. The van der Waals surface area contributed by atoms with Crippen molar-refractivity contribution in [3.8, 4) is 0 Å². The van der Waals surface area contributed by atoms with Gasteiger partial charge in [-0.2, -0.15) is 0 Å². The van der Waals surface area contributed by atoms with E-state index in [1.54, 1.807) is 0 Å². The Hall–Kier alpha value is -0.690. The van der Waals surface area contributed by atoms with E-state index in [9.17, 15) is 8.42 Å². The van der Waals surface area contributed by atoms with Crippen molar-refractivity contribution in [3.63, 3.8) is 0 Å². The first-order chi connectivity index (χ1) is 9.01. The van der Waals surface area contributed by atoms with E-state index in [0.29, 0.717) is 6.54 Å². The summed E-state index contributed by atoms with van der Waals surface area (Å²) in [6.07, 6.45) is 3.48. The summed E-state index contributed by atoms with van der Waals surface area (Å²) in [6, 6.07) is 1.46. The fraction of sp³-hybridized carbons (Fsp3) is 0.583. The molecular weight excluding hydrogens is 286 g/mol. The van der Waals surface area contributed by atoms with Crippen LogP contribution in [0.15, 0.2) is 23.4 Å². The minimum atomic E-state index is -3.57. The number of pyridine rings is 1. The third-order valence-electron chi connectivity index (χ3n) is 2.86. The van der Waals surface area contributed by atoms with Crippen LogP contribution in [0.3, 0.4) is 0 Å². The highest BCUT2D eigenvalue weighted by molar-refractivity contribution is 7.89. The molecule has 1 N–H and O–H groups in total. The minimum Gasteiger partial charge on any atom is -0.304 e. The van der Waals surface area contributed by atoms with Crippen LogP contribution in [0.5, 0.6) is 0 Å². The summed E-state index contributed by atoms with van der Waals surface area (Å²) >= 11 is 5.85. The quantitative estimate of drug-likeness (QED) is 0.743. The Morgan fingerprint density at radius 1 is 1.37 bits per heavy atom. The summed E-state index contributed by atoms with van der Waals surface area (Å²) in [5, 5.41) is 0.186. The zero-order chi connectivity index (χ0) is 14.3. The Labute approximate surface area is 120 Å². The maximum absolute atomic E-state index is 12.0. The lowest BCUT2D eigenvalue weighted by atomic mass is 10.4. The topological polar surface area (TPSA) is 62.3 Å². The van der Waals surface area contributed by atoms with Crippen molar-refractivity contribution in [2.45, 2.75) is 25.2 Å². The molecule has 1 aromatic rings. The van der Waals surface area contributed by atoms with Crippen LogP contribution in [0, 0.1) is 0 Å². The summed E-state index contributed by atoms with van der Waals surface area (Å²) in [4.78, 5) is 6.05. The summed E-state index contributed by atoms with van der Waals surface area (Å²) < 4.78 is 26.5. The van der Waals surface area contributed by atoms with Crippen LogP contribution in [0.2, 0.25) is 5.02 Å². The van der Waals surface area contributed by atoms with E-state index in [0.717, 1.165) is 26.1 Å². The van der Waals surface area contributed by atoms with Gasteiger partial charge >= 0.3 is 0 Å². The van der Waals surface area contributed by atoms with Gasteiger partial charge < -0.3 is 4.90 Å². The second-order valence-corrected chi connectivity index (χ2v) is 6.23. The van der Waals surface area contributed by atoms with E-state index in [2.05, 4.69) is 28.5 Å². The molecule has 0 atom stereocenters. The van der Waals surface area contributed by atoms with Gasteiger partial charge in [0.2, 0.25) is 10.0 Å². The first-order valence-corrected chi connectivity index (χ1v) is 8.19. The molecule has 0 spiro atoms. The standard InChI is InChI=1S/C12H20ClN3O2S/c1-3-16(4-2)9-5-7-15-19(17,18)12-10-14-8-6-11(12)13/h6,8,10,15H,3-5,7,9H2,1-2H3. The van der Waals surface area contributed by atoms with Crippen molar-refractivity contribution in [3.05, 3.63) is 23.5 Å². The number of hydrogen-bond acceptors (Lipinski definition) is 4. The normalized spacial score (nSPS) is 12.0. The highest BCUT2D eigenvalue weighted by Gasteiger charge is 2.17. The number of sulfonamides is 1. The van der Waals surface area contributed by atoms with Gasteiger partial charge in [0.05, 0.1) is 5.02 Å². The Balaban J connectivity index is 2.51. The van der Waals surface area contributed by atoms with Crippen LogP contribution in [0.4, 0.5) is 0 Å². The zero-order valence-corrected chi connectivity index (χ0v) is 12.8. The van der Waals surface area contributed by atoms with Crippen molar-refractivity contribution < 1.29 is 8.42 Å². The van der Waals surface area contributed by atoms with Gasteiger partial charge in [-0.25, -0.2) is 13.1 Å². The third kappa shape index (κ3) is 5.06. The van der Waals surface area contributed by atoms with Crippen LogP contribution >= 0.6 is 11.6 Å². The molecule has 0 aliphatic heterocycles. The average molecular weight is 306 g/mol. The van der Waals surface area contributed by atoms with Crippen LogP contribution < -0.4 is 4.72 Å². The fourth-order valence-electron chi connectivity index (χ4n) is 1.69. The number of nitrogens with one attached hydrogen (secondary N) is 1. The minimum absolute atomic E-state index is 0.0273. The summed E-state index contributed by atoms with van der Waals surface area (Å²) in [6.45, 7) is 7.38. The van der Waals surface area contributed by atoms with E-state index in [-0.39, 0.29) is 9.92 Å². The Bertz CT molecular complexity index is 490. The molecule has 0 unspecified atom stereocenters. The molecule has 1 rings (SSSR count). The summed E-state index contributed by atoms with van der Waals surface area (Å²) in [5.74, 6) is 0. The van der Waals surface area contributed by atoms with Gasteiger partial charge in [0, 0.05) is 18.9 Å². The molecule has 0 radical (unpaired) electrons. The molecule has 5 nitrogen and oxygen atoms in total. The SMILES string of the molecule is CCN(CC)CCCNS(=O)(=O)c1cnccc1Cl.